The van der Waals surface area contributed by atoms with Gasteiger partial charge < -0.3 is 20.4 Å². The summed E-state index contributed by atoms with van der Waals surface area (Å²) >= 11 is -0.799. The van der Waals surface area contributed by atoms with E-state index in [1.807, 2.05) is 33.5 Å². The molecule has 51 heavy (non-hydrogen) atoms. The third-order valence-corrected chi connectivity index (χ3v) is 13.1. The third-order valence-electron chi connectivity index (χ3n) is 11.4. The molecule has 2 heterocycles. The highest BCUT2D eigenvalue weighted by atomic mass is 32.2. The standard InChI is InChI=1S/C40H60N8O2S/c41-40-45(29-37(27-34-17-8-3-9-18-34)48(40)24-12-20-33-15-6-2-7-16-33)30-38(49)43-35-21-10-22-36(28-35)44-39(50)31-47-26-25-46(51(47)42)23-11-19-32-13-4-1-5-14-32/h3,8-10,17-18,21-22,28,32-33,37,41-42H,1-2,4-7,11-16,19-20,23-27,29-31H2,(H,43,49)(H,44,50). The van der Waals surface area contributed by atoms with Gasteiger partial charge in [-0.15, -0.1) is 0 Å². The van der Waals surface area contributed by atoms with Crippen molar-refractivity contribution in [2.75, 3.05) is 56.4 Å². The summed E-state index contributed by atoms with van der Waals surface area (Å²) in [7, 11) is 0. The van der Waals surface area contributed by atoms with E-state index in [-0.39, 0.29) is 30.9 Å². The number of amides is 2. The van der Waals surface area contributed by atoms with Gasteiger partial charge in [0, 0.05) is 55.2 Å². The lowest BCUT2D eigenvalue weighted by Crippen LogP contribution is -2.39. The van der Waals surface area contributed by atoms with Crippen molar-refractivity contribution in [3.8, 4) is 0 Å². The number of nitrogens with one attached hydrogen (secondary N) is 4. The van der Waals surface area contributed by atoms with Crippen LogP contribution in [0.1, 0.15) is 95.5 Å². The summed E-state index contributed by atoms with van der Waals surface area (Å²) in [5.74, 6) is 1.79. The molecule has 2 saturated carbocycles. The molecule has 4 fully saturated rings. The van der Waals surface area contributed by atoms with Gasteiger partial charge in [-0.05, 0) is 67.7 Å². The van der Waals surface area contributed by atoms with Gasteiger partial charge in [0.25, 0.3) is 0 Å². The second-order valence-corrected chi connectivity index (χ2v) is 16.8. The van der Waals surface area contributed by atoms with Gasteiger partial charge in [-0.1, -0.05) is 101 Å². The highest BCUT2D eigenvalue weighted by Crippen LogP contribution is 2.29. The summed E-state index contributed by atoms with van der Waals surface area (Å²) in [6.45, 7) is 4.29. The molecule has 2 aliphatic heterocycles. The van der Waals surface area contributed by atoms with E-state index in [0.717, 1.165) is 57.3 Å². The number of nitrogens with zero attached hydrogens (tertiary/aromatic N) is 4. The lowest BCUT2D eigenvalue weighted by molar-refractivity contribution is -0.117. The van der Waals surface area contributed by atoms with Gasteiger partial charge in [0.15, 0.2) is 5.96 Å². The summed E-state index contributed by atoms with van der Waals surface area (Å²) in [6.07, 6.45) is 19.1. The molecule has 278 valence electrons. The highest BCUT2D eigenvalue weighted by molar-refractivity contribution is 7.81. The van der Waals surface area contributed by atoms with Gasteiger partial charge >= 0.3 is 0 Å². The van der Waals surface area contributed by atoms with Crippen molar-refractivity contribution in [1.82, 2.24) is 18.4 Å². The highest BCUT2D eigenvalue weighted by Gasteiger charge is 2.35. The number of rotatable bonds is 16. The van der Waals surface area contributed by atoms with Crippen LogP contribution in [0.4, 0.5) is 11.4 Å². The van der Waals surface area contributed by atoms with Gasteiger partial charge in [0.2, 0.25) is 11.8 Å². The maximum absolute atomic E-state index is 13.3. The zero-order chi connectivity index (χ0) is 35.4. The molecule has 0 bridgehead atoms. The number of guanidine groups is 1. The minimum absolute atomic E-state index is 0.109. The molecule has 0 aromatic heterocycles. The third kappa shape index (κ3) is 11.1. The van der Waals surface area contributed by atoms with Crippen LogP contribution in [0.15, 0.2) is 54.6 Å². The molecule has 4 aliphatic rings. The number of carbonyl (C=O) groups excluding carboxylic acids is 2. The number of benzene rings is 2. The Bertz CT molecular complexity index is 1460. The SMILES string of the molecule is N=C1N(CC(=O)Nc2cccc(NC(=O)CN3CCN(CCCC4CCCCC4)S3=N)c2)CC(Cc2ccccc2)N1CCCC1CCCCC1. The van der Waals surface area contributed by atoms with E-state index in [9.17, 15) is 9.59 Å². The zero-order valence-electron chi connectivity index (χ0n) is 30.5. The Morgan fingerprint density at radius 2 is 1.31 bits per heavy atom. The van der Waals surface area contributed by atoms with E-state index >= 15 is 0 Å². The first-order valence-corrected chi connectivity index (χ1v) is 20.8. The molecule has 0 radical (unpaired) electrons. The number of hydrogen-bond donors (Lipinski definition) is 4. The lowest BCUT2D eigenvalue weighted by atomic mass is 9.86. The largest absolute Gasteiger partial charge is 0.338 e. The van der Waals surface area contributed by atoms with Crippen molar-refractivity contribution in [1.29, 1.82) is 10.2 Å². The van der Waals surface area contributed by atoms with Crippen LogP contribution in [0.3, 0.4) is 0 Å². The number of anilines is 2. The molecule has 6 rings (SSSR count). The first-order valence-electron chi connectivity index (χ1n) is 19.7. The van der Waals surface area contributed by atoms with E-state index in [1.165, 1.54) is 82.6 Å². The van der Waals surface area contributed by atoms with Gasteiger partial charge in [0.1, 0.15) is 6.54 Å². The second kappa shape index (κ2) is 19.0. The van der Waals surface area contributed by atoms with Crippen LogP contribution in [0.5, 0.6) is 0 Å². The summed E-state index contributed by atoms with van der Waals surface area (Å²) in [5.41, 5.74) is 2.48. The Morgan fingerprint density at radius 1 is 0.725 bits per heavy atom. The molecular weight excluding hydrogens is 657 g/mol. The minimum atomic E-state index is -0.799. The monoisotopic (exact) mass is 716 g/mol. The molecule has 2 aliphatic carbocycles. The van der Waals surface area contributed by atoms with Crippen LogP contribution >= 0.6 is 0 Å². The molecule has 2 atom stereocenters. The maximum atomic E-state index is 13.3. The zero-order valence-corrected chi connectivity index (χ0v) is 31.3. The fourth-order valence-electron chi connectivity index (χ4n) is 8.65. The normalized spacial score (nSPS) is 22.5. The predicted molar refractivity (Wildman–Crippen MR) is 208 cm³/mol. The summed E-state index contributed by atoms with van der Waals surface area (Å²) in [4.78, 5) is 30.5. The molecule has 10 nitrogen and oxygen atoms in total. The quantitative estimate of drug-likeness (QED) is 0.145. The summed E-state index contributed by atoms with van der Waals surface area (Å²) in [6, 6.07) is 17.9. The average molecular weight is 717 g/mol. The van der Waals surface area contributed by atoms with Crippen molar-refractivity contribution in [2.24, 2.45) is 11.8 Å². The van der Waals surface area contributed by atoms with Gasteiger partial charge in [0.05, 0.1) is 12.6 Å². The average Bonchev–Trinajstić information content (AvgIpc) is 3.62. The lowest BCUT2D eigenvalue weighted by Gasteiger charge is -2.27. The predicted octanol–water partition coefficient (Wildman–Crippen LogP) is 7.28. The Morgan fingerprint density at radius 3 is 1.96 bits per heavy atom. The smallest absolute Gasteiger partial charge is 0.244 e. The van der Waals surface area contributed by atoms with Crippen LogP contribution in [-0.2, 0) is 27.1 Å². The van der Waals surface area contributed by atoms with Crippen molar-refractivity contribution in [2.45, 2.75) is 102 Å². The van der Waals surface area contributed by atoms with E-state index < -0.39 is 11.1 Å². The summed E-state index contributed by atoms with van der Waals surface area (Å²) < 4.78 is 12.9. The van der Waals surface area contributed by atoms with Crippen LogP contribution in [0, 0.1) is 22.0 Å². The van der Waals surface area contributed by atoms with E-state index in [1.54, 1.807) is 6.07 Å². The van der Waals surface area contributed by atoms with Crippen LogP contribution in [-0.4, -0.2) is 88.0 Å². The first-order chi connectivity index (χ1) is 24.9. The molecule has 2 aromatic carbocycles. The van der Waals surface area contributed by atoms with Crippen molar-refractivity contribution in [3.05, 3.63) is 60.2 Å². The van der Waals surface area contributed by atoms with E-state index in [4.69, 9.17) is 10.2 Å². The number of hydrogen-bond acceptors (Lipinski definition) is 4. The molecule has 2 saturated heterocycles. The molecule has 2 aromatic rings. The molecule has 11 heteroatoms. The molecule has 0 spiro atoms. The first kappa shape index (κ1) is 37.5. The Labute approximate surface area is 308 Å². The fourth-order valence-corrected chi connectivity index (χ4v) is 10.0. The number of carbonyl (C=O) groups is 2. The van der Waals surface area contributed by atoms with E-state index in [2.05, 4.69) is 44.1 Å². The molecule has 4 N–H and O–H groups in total. The van der Waals surface area contributed by atoms with Gasteiger partial charge in [-0.25, -0.2) is 8.61 Å². The van der Waals surface area contributed by atoms with Gasteiger partial charge in [-0.2, -0.15) is 0 Å². The Hall–Kier alpha value is -3.28. The van der Waals surface area contributed by atoms with Crippen LogP contribution in [0.25, 0.3) is 0 Å². The minimum Gasteiger partial charge on any atom is -0.338 e. The van der Waals surface area contributed by atoms with Crippen molar-refractivity contribution < 1.29 is 9.59 Å². The fraction of sp³-hybridized carbons (Fsp3) is 0.625. The molecule has 2 unspecified atom stereocenters. The van der Waals surface area contributed by atoms with E-state index in [0.29, 0.717) is 23.9 Å². The molecular formula is C40H60N8O2S. The van der Waals surface area contributed by atoms with Gasteiger partial charge in [-0.3, -0.25) is 19.8 Å². The van der Waals surface area contributed by atoms with Crippen LogP contribution < -0.4 is 10.6 Å². The molecule has 2 amide bonds. The van der Waals surface area contributed by atoms with Crippen molar-refractivity contribution >= 4 is 40.2 Å². The maximum Gasteiger partial charge on any atom is 0.244 e. The Balaban J connectivity index is 0.962. The van der Waals surface area contributed by atoms with Crippen LogP contribution in [0.2, 0.25) is 0 Å². The topological polar surface area (TPSA) is 119 Å². The van der Waals surface area contributed by atoms with Crippen molar-refractivity contribution in [3.63, 3.8) is 0 Å². The summed E-state index contributed by atoms with van der Waals surface area (Å²) in [5, 5.41) is 15.1. The Kier molecular flexibility index (Phi) is 14.0. The second-order valence-electron chi connectivity index (χ2n) is 15.3.